The second-order valence-electron chi connectivity index (χ2n) is 15.0. The van der Waals surface area contributed by atoms with Crippen LogP contribution in [0.3, 0.4) is 0 Å². The van der Waals surface area contributed by atoms with Crippen LogP contribution in [0.2, 0.25) is 0 Å². The van der Waals surface area contributed by atoms with Crippen molar-refractivity contribution in [3.05, 3.63) is 0 Å². The Kier molecular flexibility index (Phi) is 53.6. The zero-order chi connectivity index (χ0) is 35.4. The number of aliphatic carboxylic acids is 2. The van der Waals surface area contributed by atoms with Crippen molar-refractivity contribution < 1.29 is 39.3 Å². The van der Waals surface area contributed by atoms with Gasteiger partial charge in [0.15, 0.2) is 0 Å². The van der Waals surface area contributed by atoms with Gasteiger partial charge in [0.25, 0.3) is 0 Å². The summed E-state index contributed by atoms with van der Waals surface area (Å²) >= 11 is 0. The fourth-order valence-corrected chi connectivity index (χ4v) is 6.70. The predicted octanol–water partition coefficient (Wildman–Crippen LogP) is 13.1. The van der Waals surface area contributed by atoms with Crippen molar-refractivity contribution in [2.24, 2.45) is 0 Å². The Morgan fingerprint density at radius 1 is 0.265 bits per heavy atom. The number of carbonyl (C=O) groups excluding carboxylic acids is 2. The summed E-state index contributed by atoms with van der Waals surface area (Å²) in [5.74, 6) is -1.80. The summed E-state index contributed by atoms with van der Waals surface area (Å²) in [6.07, 6.45) is 51.5. The molecule has 0 saturated carbocycles. The molecule has 0 radical (unpaired) electrons. The van der Waals surface area contributed by atoms with E-state index in [4.69, 9.17) is 0 Å². The van der Waals surface area contributed by atoms with E-state index in [1.807, 2.05) is 0 Å². The van der Waals surface area contributed by atoms with Gasteiger partial charge in [-0.1, -0.05) is 245 Å². The van der Waals surface area contributed by atoms with E-state index in [9.17, 15) is 19.8 Å². The first kappa shape index (κ1) is 52.9. The van der Waals surface area contributed by atoms with Crippen molar-refractivity contribution in [2.75, 3.05) is 0 Å². The van der Waals surface area contributed by atoms with Crippen LogP contribution >= 0.6 is 0 Å². The van der Waals surface area contributed by atoms with Crippen LogP contribution < -0.4 is 10.2 Å². The molecule has 49 heavy (non-hydrogen) atoms. The Balaban J connectivity index is -0.000000846. The van der Waals surface area contributed by atoms with Gasteiger partial charge in [0.1, 0.15) is 0 Å². The molecule has 5 heteroatoms. The molecule has 0 atom stereocenters. The van der Waals surface area contributed by atoms with E-state index in [1.54, 1.807) is 0 Å². The topological polar surface area (TPSA) is 80.3 Å². The summed E-state index contributed by atoms with van der Waals surface area (Å²) in [7, 11) is 0. The van der Waals surface area contributed by atoms with E-state index in [2.05, 4.69) is 13.8 Å². The van der Waals surface area contributed by atoms with E-state index in [0.29, 0.717) is 0 Å². The number of rotatable bonds is 40. The SMILES string of the molecule is CCCCCCCCCCCCCCCCCCCCCC(=O)[O-].CCCCCCCCCCCCCCCCCCCCCC(=O)[O-].[Zn+2]. The Labute approximate surface area is 320 Å². The van der Waals surface area contributed by atoms with Crippen LogP contribution in [0.4, 0.5) is 0 Å². The molecule has 0 amide bonds. The number of carbonyl (C=O) groups is 2. The minimum atomic E-state index is -0.901. The van der Waals surface area contributed by atoms with Gasteiger partial charge in [-0.15, -0.1) is 0 Å². The minimum absolute atomic E-state index is 0. The van der Waals surface area contributed by atoms with Gasteiger partial charge in [0.2, 0.25) is 0 Å². The zero-order valence-electron chi connectivity index (χ0n) is 33.6. The Morgan fingerprint density at radius 3 is 0.510 bits per heavy atom. The molecule has 0 bridgehead atoms. The monoisotopic (exact) mass is 743 g/mol. The van der Waals surface area contributed by atoms with E-state index >= 15 is 0 Å². The molecular formula is C44H86O4Zn. The van der Waals surface area contributed by atoms with Crippen molar-refractivity contribution in [3.8, 4) is 0 Å². The maximum atomic E-state index is 10.3. The maximum absolute atomic E-state index is 10.3. The molecule has 0 rings (SSSR count). The standard InChI is InChI=1S/2C22H44O2.Zn/c2*1-2-3-4-5-6-7-8-9-10-11-12-13-14-15-16-17-18-19-20-21-22(23)24;/h2*2-21H2,1H3,(H,23,24);/q;;+2/p-2. The molecule has 0 unspecified atom stereocenters. The second-order valence-corrected chi connectivity index (χ2v) is 15.0. The third-order valence-electron chi connectivity index (χ3n) is 9.97. The van der Waals surface area contributed by atoms with Crippen molar-refractivity contribution in [3.63, 3.8) is 0 Å². The van der Waals surface area contributed by atoms with Gasteiger partial charge < -0.3 is 19.8 Å². The van der Waals surface area contributed by atoms with Crippen molar-refractivity contribution in [2.45, 2.75) is 271 Å². The first-order valence-corrected chi connectivity index (χ1v) is 21.9. The molecule has 4 nitrogen and oxygen atoms in total. The summed E-state index contributed by atoms with van der Waals surface area (Å²) < 4.78 is 0. The molecule has 0 aliphatic carbocycles. The summed E-state index contributed by atoms with van der Waals surface area (Å²) in [5.41, 5.74) is 0. The fraction of sp³-hybridized carbons (Fsp3) is 0.955. The quantitative estimate of drug-likeness (QED) is 0.0462. The average molecular weight is 745 g/mol. The molecule has 288 valence electrons. The number of unbranched alkanes of at least 4 members (excludes halogenated alkanes) is 36. The van der Waals surface area contributed by atoms with E-state index in [0.717, 1.165) is 25.7 Å². The van der Waals surface area contributed by atoms with Crippen LogP contribution in [0.15, 0.2) is 0 Å². The van der Waals surface area contributed by atoms with Crippen LogP contribution in [-0.2, 0) is 29.1 Å². The molecule has 0 aliphatic rings. The molecule has 0 saturated heterocycles. The molecule has 0 aromatic rings. The third kappa shape index (κ3) is 57.2. The molecule has 0 heterocycles. The van der Waals surface area contributed by atoms with Crippen molar-refractivity contribution >= 4 is 11.9 Å². The van der Waals surface area contributed by atoms with Crippen LogP contribution in [-0.4, -0.2) is 11.9 Å². The smallest absolute Gasteiger partial charge is 0.550 e. The molecule has 0 fully saturated rings. The van der Waals surface area contributed by atoms with Gasteiger partial charge in [-0.05, 0) is 25.7 Å². The maximum Gasteiger partial charge on any atom is 2.00 e. The van der Waals surface area contributed by atoms with Crippen molar-refractivity contribution in [1.82, 2.24) is 0 Å². The Morgan fingerprint density at radius 2 is 0.388 bits per heavy atom. The van der Waals surface area contributed by atoms with E-state index in [-0.39, 0.29) is 32.3 Å². The average Bonchev–Trinajstić information content (AvgIpc) is 3.07. The molecular weight excluding hydrogens is 658 g/mol. The van der Waals surface area contributed by atoms with Crippen molar-refractivity contribution in [1.29, 1.82) is 0 Å². The van der Waals surface area contributed by atoms with E-state index < -0.39 is 11.9 Å². The number of carboxylic acids is 2. The normalized spacial score (nSPS) is 10.8. The van der Waals surface area contributed by atoms with Gasteiger partial charge in [-0.25, -0.2) is 0 Å². The first-order chi connectivity index (χ1) is 23.5. The zero-order valence-corrected chi connectivity index (χ0v) is 36.6. The van der Waals surface area contributed by atoms with Gasteiger partial charge in [-0.2, -0.15) is 0 Å². The summed E-state index contributed by atoms with van der Waals surface area (Å²) in [6.45, 7) is 4.56. The van der Waals surface area contributed by atoms with Crippen LogP contribution in [0.1, 0.15) is 271 Å². The van der Waals surface area contributed by atoms with Crippen LogP contribution in [0, 0.1) is 0 Å². The summed E-state index contributed by atoms with van der Waals surface area (Å²) in [5, 5.41) is 20.5. The van der Waals surface area contributed by atoms with Gasteiger partial charge in [0.05, 0.1) is 0 Å². The summed E-state index contributed by atoms with van der Waals surface area (Å²) in [6, 6.07) is 0. The molecule has 0 aromatic heterocycles. The van der Waals surface area contributed by atoms with E-state index in [1.165, 1.54) is 218 Å². The summed E-state index contributed by atoms with van der Waals surface area (Å²) in [4.78, 5) is 20.5. The fourth-order valence-electron chi connectivity index (χ4n) is 6.70. The van der Waals surface area contributed by atoms with Gasteiger partial charge >= 0.3 is 19.5 Å². The second kappa shape index (κ2) is 49.7. The molecule has 0 aromatic carbocycles. The number of carboxylic acid groups (broad SMARTS) is 2. The minimum Gasteiger partial charge on any atom is -0.550 e. The van der Waals surface area contributed by atoms with Gasteiger partial charge in [0, 0.05) is 11.9 Å². The Hall–Kier alpha value is -0.437. The van der Waals surface area contributed by atoms with Gasteiger partial charge in [-0.3, -0.25) is 0 Å². The number of hydrogen-bond donors (Lipinski definition) is 0. The first-order valence-electron chi connectivity index (χ1n) is 21.9. The molecule has 0 aliphatic heterocycles. The Bertz CT molecular complexity index is 560. The third-order valence-corrected chi connectivity index (χ3v) is 9.97. The molecule has 0 N–H and O–H groups in total. The van der Waals surface area contributed by atoms with Crippen LogP contribution in [0.25, 0.3) is 0 Å². The predicted molar refractivity (Wildman–Crippen MR) is 206 cm³/mol. The largest absolute Gasteiger partial charge is 2.00 e. The van der Waals surface area contributed by atoms with Crippen LogP contribution in [0.5, 0.6) is 0 Å². The number of hydrogen-bond acceptors (Lipinski definition) is 4. The molecule has 0 spiro atoms.